The van der Waals surface area contributed by atoms with Gasteiger partial charge < -0.3 is 10.0 Å². The standard InChI is InChI=1S/C37H40N2O11S3/c1-36(2)27-13-10-11-14-28(27)38(20-12-22-52(43,44)45)31(36)15-8-6-5-7-9-16-32-37(3,4)35-29(39(32)21-19-33(40)41)18-17-25-23-26(51-50-49-42)24-30(34(25)35)53(46,47)48/h5-11,13-18,23-24H,12,19-22H2,1-4H3,(H3-,40,41,42,43,44,45,46,47,48)/p+1. The summed E-state index contributed by atoms with van der Waals surface area (Å²) in [4.78, 5) is 13.6. The van der Waals surface area contributed by atoms with E-state index in [0.29, 0.717) is 40.9 Å². The van der Waals surface area contributed by atoms with Crippen molar-refractivity contribution in [3.05, 3.63) is 108 Å². The van der Waals surface area contributed by atoms with E-state index in [1.807, 2.05) is 79.1 Å². The van der Waals surface area contributed by atoms with E-state index in [1.54, 1.807) is 24.3 Å². The number of carbonyl (C=O) groups is 1. The van der Waals surface area contributed by atoms with Gasteiger partial charge in [-0.1, -0.05) is 67.5 Å². The second kappa shape index (κ2) is 15.7. The molecule has 4 N–H and O–H groups in total. The zero-order valence-electron chi connectivity index (χ0n) is 29.5. The molecule has 0 saturated heterocycles. The summed E-state index contributed by atoms with van der Waals surface area (Å²) < 4.78 is 74.0. The second-order valence-corrected chi connectivity index (χ2v) is 17.3. The first kappa shape index (κ1) is 40.1. The number of hydrogen-bond donors (Lipinski definition) is 4. The molecule has 0 atom stereocenters. The third-order valence-corrected chi connectivity index (χ3v) is 11.6. The summed E-state index contributed by atoms with van der Waals surface area (Å²) in [6.45, 7) is 8.49. The van der Waals surface area contributed by atoms with E-state index >= 15 is 0 Å². The molecule has 2 aliphatic heterocycles. The SMILES string of the molecule is CC1(C)C(/C=C/C=C/C=C/C=C2/N(CCCS(=O)(=O)O)c3ccccc3C2(C)C)=[N+](CCC(=O)O)c2ccc3cc(SOOO)cc(S(=O)(=O)O)c3c21. The summed E-state index contributed by atoms with van der Waals surface area (Å²) in [5, 5.41) is 22.5. The molecule has 0 aliphatic carbocycles. The average molecular weight is 786 g/mol. The number of carboxylic acid groups (broad SMARTS) is 1. The number of hydrogen-bond acceptors (Lipinski definition) is 10. The molecule has 0 unspecified atom stereocenters. The van der Waals surface area contributed by atoms with Gasteiger partial charge in [0.15, 0.2) is 12.3 Å². The molecule has 0 saturated carbocycles. The van der Waals surface area contributed by atoms with Crippen LogP contribution in [0.4, 0.5) is 11.4 Å². The van der Waals surface area contributed by atoms with Crippen molar-refractivity contribution in [1.29, 1.82) is 0 Å². The minimum Gasteiger partial charge on any atom is -0.481 e. The fourth-order valence-corrected chi connectivity index (χ4v) is 8.94. The summed E-state index contributed by atoms with van der Waals surface area (Å²) in [6.07, 6.45) is 13.1. The Morgan fingerprint density at radius 2 is 1.64 bits per heavy atom. The van der Waals surface area contributed by atoms with Crippen molar-refractivity contribution in [2.45, 2.75) is 61.2 Å². The van der Waals surface area contributed by atoms with Gasteiger partial charge in [-0.2, -0.15) is 21.4 Å². The van der Waals surface area contributed by atoms with E-state index in [1.165, 1.54) is 6.07 Å². The third-order valence-electron chi connectivity index (χ3n) is 9.40. The molecule has 2 heterocycles. The van der Waals surface area contributed by atoms with Crippen LogP contribution in [0.3, 0.4) is 0 Å². The van der Waals surface area contributed by atoms with Crippen molar-refractivity contribution in [1.82, 2.24) is 0 Å². The molecular weight excluding hydrogens is 745 g/mol. The molecule has 0 radical (unpaired) electrons. The summed E-state index contributed by atoms with van der Waals surface area (Å²) >= 11 is 0.551. The van der Waals surface area contributed by atoms with E-state index in [2.05, 4.69) is 28.1 Å². The minimum atomic E-state index is -4.76. The highest BCUT2D eigenvalue weighted by atomic mass is 32.2. The van der Waals surface area contributed by atoms with E-state index in [-0.39, 0.29) is 45.7 Å². The fraction of sp³-hybridized carbons (Fsp3) is 0.297. The summed E-state index contributed by atoms with van der Waals surface area (Å²) in [5.41, 5.74) is 3.75. The lowest BCUT2D eigenvalue weighted by molar-refractivity contribution is -0.436. The van der Waals surface area contributed by atoms with Gasteiger partial charge >= 0.3 is 5.97 Å². The Bertz CT molecular complexity index is 2310. The Hall–Kier alpha value is -4.13. The van der Waals surface area contributed by atoms with Gasteiger partial charge in [0.25, 0.3) is 20.2 Å². The Balaban J connectivity index is 1.46. The number of aliphatic carboxylic acids is 1. The highest BCUT2D eigenvalue weighted by Gasteiger charge is 2.47. The molecule has 282 valence electrons. The van der Waals surface area contributed by atoms with Crippen molar-refractivity contribution >= 4 is 66.1 Å². The average Bonchev–Trinajstić information content (AvgIpc) is 3.42. The number of anilines is 1. The van der Waals surface area contributed by atoms with Crippen LogP contribution in [0, 0.1) is 0 Å². The number of rotatable bonds is 15. The molecule has 3 aromatic rings. The van der Waals surface area contributed by atoms with Crippen LogP contribution < -0.4 is 4.90 Å². The summed E-state index contributed by atoms with van der Waals surface area (Å²) in [5.74, 6) is -1.34. The smallest absolute Gasteiger partial charge is 0.309 e. The lowest BCUT2D eigenvalue weighted by atomic mass is 9.79. The van der Waals surface area contributed by atoms with E-state index in [0.717, 1.165) is 16.9 Å². The van der Waals surface area contributed by atoms with E-state index < -0.39 is 31.6 Å². The van der Waals surface area contributed by atoms with Gasteiger partial charge in [0.1, 0.15) is 11.3 Å². The Labute approximate surface area is 312 Å². The van der Waals surface area contributed by atoms with Gasteiger partial charge in [0.05, 0.1) is 23.2 Å². The van der Waals surface area contributed by atoms with Crippen molar-refractivity contribution in [2.75, 3.05) is 23.7 Å². The first-order valence-electron chi connectivity index (χ1n) is 16.5. The predicted molar refractivity (Wildman–Crippen MR) is 203 cm³/mol. The van der Waals surface area contributed by atoms with Crippen LogP contribution >= 0.6 is 12.0 Å². The van der Waals surface area contributed by atoms with Gasteiger partial charge in [-0.3, -0.25) is 13.9 Å². The largest absolute Gasteiger partial charge is 0.481 e. The number of nitrogens with zero attached hydrogens (tertiary/aromatic N) is 2. The Morgan fingerprint density at radius 1 is 0.943 bits per heavy atom. The zero-order chi connectivity index (χ0) is 38.8. The van der Waals surface area contributed by atoms with Gasteiger partial charge in [0, 0.05) is 51.3 Å². The maximum absolute atomic E-state index is 12.7. The maximum atomic E-state index is 12.7. The topological polar surface area (TPSA) is 191 Å². The number of carboxylic acids is 1. The molecule has 2 aliphatic rings. The zero-order valence-corrected chi connectivity index (χ0v) is 31.9. The first-order chi connectivity index (χ1) is 24.9. The molecule has 0 fully saturated rings. The fourth-order valence-electron chi connectivity index (χ4n) is 7.17. The molecule has 0 amide bonds. The number of fused-ring (bicyclic) bond motifs is 4. The molecule has 5 rings (SSSR count). The van der Waals surface area contributed by atoms with E-state index in [9.17, 15) is 35.8 Å². The molecule has 0 bridgehead atoms. The molecule has 3 aromatic carbocycles. The molecule has 13 nitrogen and oxygen atoms in total. The number of para-hydroxylation sites is 1. The van der Waals surface area contributed by atoms with Crippen LogP contribution in [0.2, 0.25) is 0 Å². The lowest BCUT2D eigenvalue weighted by Crippen LogP contribution is -2.28. The normalized spacial score (nSPS) is 17.6. The van der Waals surface area contributed by atoms with Crippen molar-refractivity contribution in [3.63, 3.8) is 0 Å². The molecular formula is C37H41N2O11S3+. The first-order valence-corrected chi connectivity index (χ1v) is 20.3. The van der Waals surface area contributed by atoms with Crippen molar-refractivity contribution < 1.29 is 55.0 Å². The van der Waals surface area contributed by atoms with Crippen molar-refractivity contribution in [3.8, 4) is 0 Å². The van der Waals surface area contributed by atoms with Crippen LogP contribution in [0.15, 0.2) is 107 Å². The van der Waals surface area contributed by atoms with Crippen LogP contribution in [0.5, 0.6) is 0 Å². The van der Waals surface area contributed by atoms with Gasteiger partial charge in [-0.15, -0.1) is 4.33 Å². The summed E-state index contributed by atoms with van der Waals surface area (Å²) in [7, 11) is -8.84. The molecule has 53 heavy (non-hydrogen) atoms. The third kappa shape index (κ3) is 8.66. The second-order valence-electron chi connectivity index (χ2n) is 13.6. The van der Waals surface area contributed by atoms with Gasteiger partial charge in [-0.05, 0) is 61.6 Å². The Kier molecular flexibility index (Phi) is 11.9. The lowest BCUT2D eigenvalue weighted by Gasteiger charge is -2.27. The molecule has 0 aromatic heterocycles. The number of benzene rings is 3. The Morgan fingerprint density at radius 3 is 2.32 bits per heavy atom. The van der Waals surface area contributed by atoms with Crippen LogP contribution in [0.1, 0.15) is 51.7 Å². The van der Waals surface area contributed by atoms with Gasteiger partial charge in [0.2, 0.25) is 5.69 Å². The van der Waals surface area contributed by atoms with Crippen LogP contribution in [-0.2, 0) is 45.2 Å². The monoisotopic (exact) mass is 785 g/mol. The quantitative estimate of drug-likeness (QED) is 0.0308. The molecule has 16 heteroatoms. The van der Waals surface area contributed by atoms with Gasteiger partial charge in [-0.25, -0.2) is 5.26 Å². The highest BCUT2D eigenvalue weighted by Crippen LogP contribution is 2.48. The summed E-state index contributed by atoms with van der Waals surface area (Å²) in [6, 6.07) is 14.2. The maximum Gasteiger partial charge on any atom is 0.309 e. The predicted octanol–water partition coefficient (Wildman–Crippen LogP) is 6.99. The van der Waals surface area contributed by atoms with Crippen LogP contribution in [0.25, 0.3) is 10.8 Å². The van der Waals surface area contributed by atoms with Crippen LogP contribution in [-0.4, -0.2) is 71.4 Å². The number of allylic oxidation sites excluding steroid dienone is 8. The van der Waals surface area contributed by atoms with Crippen molar-refractivity contribution in [2.24, 2.45) is 0 Å². The highest BCUT2D eigenvalue weighted by molar-refractivity contribution is 7.94. The molecule has 0 spiro atoms. The minimum absolute atomic E-state index is 0.101. The van der Waals surface area contributed by atoms with E-state index in [4.69, 9.17) is 5.26 Å².